The molecule has 198 valence electrons. The van der Waals surface area contributed by atoms with Crippen molar-refractivity contribution in [2.45, 2.75) is 37.6 Å². The number of nitrogen functional groups attached to an aromatic ring is 1. The Bertz CT molecular complexity index is 1200. The van der Waals surface area contributed by atoms with Crippen molar-refractivity contribution in [3.8, 4) is 0 Å². The zero-order valence-electron chi connectivity index (χ0n) is 19.1. The van der Waals surface area contributed by atoms with Crippen LogP contribution in [0.1, 0.15) is 34.1 Å². The first-order valence-corrected chi connectivity index (χ1v) is 11.0. The molecule has 1 aliphatic heterocycles. The van der Waals surface area contributed by atoms with Crippen molar-refractivity contribution in [2.75, 3.05) is 18.9 Å². The lowest BCUT2D eigenvalue weighted by Crippen LogP contribution is -2.57. The second kappa shape index (κ2) is 10.4. The van der Waals surface area contributed by atoms with E-state index < -0.39 is 42.2 Å². The minimum atomic E-state index is -4.96. The first kappa shape index (κ1) is 26.4. The maximum Gasteiger partial charge on any atom is 0.416 e. The van der Waals surface area contributed by atoms with Gasteiger partial charge in [0.15, 0.2) is 0 Å². The van der Waals surface area contributed by atoms with Crippen LogP contribution in [-0.4, -0.2) is 45.2 Å². The summed E-state index contributed by atoms with van der Waals surface area (Å²) in [6.07, 6.45) is -9.92. The van der Waals surface area contributed by atoms with Gasteiger partial charge in [0.1, 0.15) is 5.82 Å². The van der Waals surface area contributed by atoms with Crippen molar-refractivity contribution in [1.29, 1.82) is 0 Å². The molecule has 2 aromatic carbocycles. The topological polar surface area (TPSA) is 109 Å². The minimum Gasteiger partial charge on any atom is -0.375 e. The van der Waals surface area contributed by atoms with Crippen LogP contribution in [0.3, 0.4) is 0 Å². The number of amides is 1. The minimum absolute atomic E-state index is 0.000758. The summed E-state index contributed by atoms with van der Waals surface area (Å²) in [5.41, 5.74) is 3.23. The standard InChI is InChI=1S/C23H22F6N6O2/c24-22(25,26)15-6-13(7-16(8-15)23(27,28)29)11-37-12-17-20(14-4-2-1-3-5-14)35(10-19(36)31-17)9-18-32-21(30)34-33-18/h1-8,17,20H,9-12H2,(H,31,36)(H3,30,32,33,34)/t17-,20+/m1/s1. The van der Waals surface area contributed by atoms with Gasteiger partial charge in [-0.3, -0.25) is 14.8 Å². The molecule has 0 bridgehead atoms. The highest BCUT2D eigenvalue weighted by atomic mass is 19.4. The third-order valence-electron chi connectivity index (χ3n) is 5.72. The zero-order valence-corrected chi connectivity index (χ0v) is 19.1. The first-order valence-electron chi connectivity index (χ1n) is 11.0. The van der Waals surface area contributed by atoms with E-state index in [1.165, 1.54) is 0 Å². The predicted octanol–water partition coefficient (Wildman–Crippen LogP) is 3.68. The number of anilines is 1. The van der Waals surface area contributed by atoms with Gasteiger partial charge in [-0.2, -0.15) is 31.3 Å². The molecule has 4 rings (SSSR count). The average molecular weight is 528 g/mol. The molecule has 2 atom stereocenters. The number of H-pyrrole nitrogens is 1. The van der Waals surface area contributed by atoms with Crippen molar-refractivity contribution in [2.24, 2.45) is 0 Å². The van der Waals surface area contributed by atoms with Crippen LogP contribution in [0, 0.1) is 0 Å². The van der Waals surface area contributed by atoms with Gasteiger partial charge in [-0.15, -0.1) is 5.10 Å². The molecule has 1 saturated heterocycles. The predicted molar refractivity (Wildman–Crippen MR) is 118 cm³/mol. The summed E-state index contributed by atoms with van der Waals surface area (Å²) in [5, 5.41) is 9.27. The van der Waals surface area contributed by atoms with Gasteiger partial charge in [-0.1, -0.05) is 30.3 Å². The molecular formula is C23H22F6N6O2. The molecular weight excluding hydrogens is 506 g/mol. The van der Waals surface area contributed by atoms with E-state index in [1.807, 2.05) is 18.2 Å². The summed E-state index contributed by atoms with van der Waals surface area (Å²) in [6.45, 7) is -0.535. The highest BCUT2D eigenvalue weighted by Gasteiger charge is 2.38. The van der Waals surface area contributed by atoms with E-state index in [0.29, 0.717) is 18.0 Å². The van der Waals surface area contributed by atoms with Gasteiger partial charge >= 0.3 is 12.4 Å². The third kappa shape index (κ3) is 6.57. The van der Waals surface area contributed by atoms with E-state index in [4.69, 9.17) is 10.5 Å². The number of piperazine rings is 1. The van der Waals surface area contributed by atoms with Crippen LogP contribution in [0.4, 0.5) is 32.3 Å². The molecule has 1 fully saturated rings. The average Bonchev–Trinajstić information content (AvgIpc) is 3.22. The molecule has 37 heavy (non-hydrogen) atoms. The van der Waals surface area contributed by atoms with Gasteiger partial charge in [0.25, 0.3) is 0 Å². The second-order valence-corrected chi connectivity index (χ2v) is 8.50. The molecule has 14 heteroatoms. The summed E-state index contributed by atoms with van der Waals surface area (Å²) in [5.74, 6) is 0.107. The van der Waals surface area contributed by atoms with E-state index in [9.17, 15) is 31.1 Å². The van der Waals surface area contributed by atoms with Gasteiger partial charge in [-0.25, -0.2) is 0 Å². The summed E-state index contributed by atoms with van der Waals surface area (Å²) in [4.78, 5) is 18.3. The Labute approximate surface area is 206 Å². The van der Waals surface area contributed by atoms with Crippen LogP contribution in [0.15, 0.2) is 48.5 Å². The Kier molecular flexibility index (Phi) is 7.41. The number of ether oxygens (including phenoxy) is 1. The molecule has 1 amide bonds. The summed E-state index contributed by atoms with van der Waals surface area (Å²) in [7, 11) is 0. The summed E-state index contributed by atoms with van der Waals surface area (Å²) >= 11 is 0. The Morgan fingerprint density at radius 2 is 1.68 bits per heavy atom. The number of alkyl halides is 6. The number of aromatic amines is 1. The van der Waals surface area contributed by atoms with Gasteiger partial charge in [-0.05, 0) is 29.3 Å². The second-order valence-electron chi connectivity index (χ2n) is 8.50. The molecule has 0 aliphatic carbocycles. The molecule has 1 aromatic heterocycles. The monoisotopic (exact) mass is 528 g/mol. The number of benzene rings is 2. The van der Waals surface area contributed by atoms with Gasteiger partial charge in [0, 0.05) is 0 Å². The maximum absolute atomic E-state index is 13.2. The first-order chi connectivity index (χ1) is 17.4. The van der Waals surface area contributed by atoms with Crippen molar-refractivity contribution < 1.29 is 35.9 Å². The van der Waals surface area contributed by atoms with E-state index >= 15 is 0 Å². The van der Waals surface area contributed by atoms with Gasteiger partial charge in [0.05, 0.1) is 49.5 Å². The normalized spacial score (nSPS) is 19.1. The Morgan fingerprint density at radius 1 is 1.03 bits per heavy atom. The smallest absolute Gasteiger partial charge is 0.375 e. The van der Waals surface area contributed by atoms with Crippen LogP contribution in [0.5, 0.6) is 0 Å². The summed E-state index contributed by atoms with van der Waals surface area (Å²) < 4.78 is 84.6. The highest BCUT2D eigenvalue weighted by Crippen LogP contribution is 2.36. The Balaban J connectivity index is 1.55. The molecule has 1 aliphatic rings. The number of carbonyl (C=O) groups is 1. The number of rotatable bonds is 7. The fourth-order valence-corrected chi connectivity index (χ4v) is 4.23. The fraction of sp³-hybridized carbons (Fsp3) is 0.348. The number of halogens is 6. The Hall–Kier alpha value is -3.65. The molecule has 0 unspecified atom stereocenters. The lowest BCUT2D eigenvalue weighted by molar-refractivity contribution is -0.143. The van der Waals surface area contributed by atoms with E-state index in [-0.39, 0.29) is 43.2 Å². The third-order valence-corrected chi connectivity index (χ3v) is 5.72. The molecule has 8 nitrogen and oxygen atoms in total. The molecule has 0 spiro atoms. The largest absolute Gasteiger partial charge is 0.416 e. The number of nitrogens with zero attached hydrogens (tertiary/aromatic N) is 3. The quantitative estimate of drug-likeness (QED) is 0.404. The van der Waals surface area contributed by atoms with Gasteiger partial charge in [0.2, 0.25) is 11.9 Å². The number of aromatic nitrogens is 3. The van der Waals surface area contributed by atoms with Crippen LogP contribution in [-0.2, 0) is 35.0 Å². The van der Waals surface area contributed by atoms with E-state index in [2.05, 4.69) is 20.5 Å². The number of hydrogen-bond acceptors (Lipinski definition) is 6. The molecule has 0 saturated carbocycles. The molecule has 0 radical (unpaired) electrons. The molecule has 3 aromatic rings. The maximum atomic E-state index is 13.2. The van der Waals surface area contributed by atoms with Crippen molar-refractivity contribution in [3.05, 3.63) is 76.6 Å². The van der Waals surface area contributed by atoms with E-state index in [1.54, 1.807) is 17.0 Å². The van der Waals surface area contributed by atoms with Crippen LogP contribution >= 0.6 is 0 Å². The number of carbonyl (C=O) groups excluding carboxylic acids is 1. The lowest BCUT2D eigenvalue weighted by atomic mass is 9.95. The Morgan fingerprint density at radius 3 is 2.24 bits per heavy atom. The SMILES string of the molecule is Nc1n[nH]c(CN2CC(=O)N[C@H](COCc3cc(C(F)(F)F)cc(C(F)(F)F)c3)[C@@H]2c2ccccc2)n1. The van der Waals surface area contributed by atoms with Crippen LogP contribution < -0.4 is 11.1 Å². The van der Waals surface area contributed by atoms with E-state index in [0.717, 1.165) is 5.56 Å². The number of hydrogen-bond donors (Lipinski definition) is 3. The highest BCUT2D eigenvalue weighted by molar-refractivity contribution is 5.79. The van der Waals surface area contributed by atoms with Crippen molar-refractivity contribution in [3.63, 3.8) is 0 Å². The lowest BCUT2D eigenvalue weighted by Gasteiger charge is -2.41. The molecule has 2 heterocycles. The van der Waals surface area contributed by atoms with Crippen molar-refractivity contribution in [1.82, 2.24) is 25.4 Å². The number of nitrogens with two attached hydrogens (primary N) is 1. The number of nitrogens with one attached hydrogen (secondary N) is 2. The fourth-order valence-electron chi connectivity index (χ4n) is 4.23. The summed E-state index contributed by atoms with van der Waals surface area (Å²) in [6, 6.07) is 9.25. The van der Waals surface area contributed by atoms with Crippen LogP contribution in [0.25, 0.3) is 0 Å². The zero-order chi connectivity index (χ0) is 26.8. The van der Waals surface area contributed by atoms with Crippen molar-refractivity contribution >= 4 is 11.9 Å². The van der Waals surface area contributed by atoms with Gasteiger partial charge < -0.3 is 15.8 Å². The van der Waals surface area contributed by atoms with Crippen LogP contribution in [0.2, 0.25) is 0 Å². The molecule has 4 N–H and O–H groups in total.